The van der Waals surface area contributed by atoms with Crippen molar-refractivity contribution in [3.05, 3.63) is 23.8 Å². The lowest BCUT2D eigenvalue weighted by atomic mass is 10.1. The number of morpholine rings is 1. The fourth-order valence-electron chi connectivity index (χ4n) is 2.39. The fourth-order valence-corrected chi connectivity index (χ4v) is 2.39. The molecule has 1 saturated heterocycles. The summed E-state index contributed by atoms with van der Waals surface area (Å²) < 4.78 is 5.38. The molecule has 6 nitrogen and oxygen atoms in total. The first-order valence-electron chi connectivity index (χ1n) is 7.19. The number of amides is 1. The van der Waals surface area contributed by atoms with Crippen LogP contribution in [0, 0.1) is 6.92 Å². The second-order valence-corrected chi connectivity index (χ2v) is 5.35. The van der Waals surface area contributed by atoms with Crippen molar-refractivity contribution in [1.29, 1.82) is 0 Å². The molecular weight excluding hydrogens is 270 g/mol. The summed E-state index contributed by atoms with van der Waals surface area (Å²) in [5.41, 5.74) is 8.13. The predicted octanol–water partition coefficient (Wildman–Crippen LogP) is 0.599. The third-order valence-electron chi connectivity index (χ3n) is 3.61. The number of hydrogen-bond acceptors (Lipinski definition) is 5. The third kappa shape index (κ3) is 4.70. The Kier molecular flexibility index (Phi) is 5.55. The Bertz CT molecular complexity index is 493. The highest BCUT2D eigenvalue weighted by Gasteiger charge is 2.20. The van der Waals surface area contributed by atoms with Crippen LogP contribution in [-0.4, -0.2) is 54.9 Å². The number of anilines is 2. The van der Waals surface area contributed by atoms with Crippen LogP contribution in [0.4, 0.5) is 11.4 Å². The van der Waals surface area contributed by atoms with Crippen LogP contribution < -0.4 is 11.1 Å². The average Bonchev–Trinajstić information content (AvgIpc) is 2.48. The number of carbonyl (C=O) groups excluding carboxylic acids is 1. The van der Waals surface area contributed by atoms with E-state index in [-0.39, 0.29) is 18.6 Å². The molecule has 1 aromatic carbocycles. The Labute approximate surface area is 124 Å². The number of benzene rings is 1. The lowest BCUT2D eigenvalue weighted by Gasteiger charge is -2.31. The predicted molar refractivity (Wildman–Crippen MR) is 82.1 cm³/mol. The Morgan fingerprint density at radius 3 is 3.10 bits per heavy atom. The van der Waals surface area contributed by atoms with E-state index in [1.54, 1.807) is 6.07 Å². The van der Waals surface area contributed by atoms with Crippen LogP contribution in [0.15, 0.2) is 18.2 Å². The van der Waals surface area contributed by atoms with Gasteiger partial charge in [0.2, 0.25) is 5.91 Å². The number of hydrogen-bond donors (Lipinski definition) is 3. The van der Waals surface area contributed by atoms with Crippen LogP contribution >= 0.6 is 0 Å². The maximum Gasteiger partial charge on any atom is 0.225 e. The van der Waals surface area contributed by atoms with Gasteiger partial charge in [-0.2, -0.15) is 0 Å². The van der Waals surface area contributed by atoms with Gasteiger partial charge in [0.15, 0.2) is 0 Å². The topological polar surface area (TPSA) is 87.8 Å². The number of carbonyl (C=O) groups is 1. The molecule has 1 atom stereocenters. The van der Waals surface area contributed by atoms with Crippen molar-refractivity contribution in [2.24, 2.45) is 0 Å². The molecule has 1 heterocycles. The zero-order chi connectivity index (χ0) is 15.2. The lowest BCUT2D eigenvalue weighted by Crippen LogP contribution is -2.44. The first-order chi connectivity index (χ1) is 10.1. The van der Waals surface area contributed by atoms with E-state index in [2.05, 4.69) is 10.2 Å². The monoisotopic (exact) mass is 293 g/mol. The molecule has 1 amide bonds. The van der Waals surface area contributed by atoms with E-state index in [0.717, 1.165) is 17.8 Å². The number of aliphatic hydroxyl groups excluding tert-OH is 1. The minimum atomic E-state index is -0.138. The molecular formula is C15H23N3O3. The molecule has 116 valence electrons. The van der Waals surface area contributed by atoms with E-state index >= 15 is 0 Å². The van der Waals surface area contributed by atoms with E-state index in [4.69, 9.17) is 15.6 Å². The maximum atomic E-state index is 12.0. The number of aliphatic hydroxyl groups is 1. The van der Waals surface area contributed by atoms with Crippen molar-refractivity contribution < 1.29 is 14.6 Å². The van der Waals surface area contributed by atoms with Gasteiger partial charge in [0.1, 0.15) is 0 Å². The lowest BCUT2D eigenvalue weighted by molar-refractivity contribution is -0.117. The van der Waals surface area contributed by atoms with Gasteiger partial charge >= 0.3 is 0 Å². The highest BCUT2D eigenvalue weighted by molar-refractivity contribution is 5.91. The molecule has 1 fully saturated rings. The van der Waals surface area contributed by atoms with Gasteiger partial charge in [-0.05, 0) is 30.7 Å². The molecule has 0 aliphatic carbocycles. The number of nitrogens with two attached hydrogens (primary N) is 1. The first kappa shape index (κ1) is 15.8. The van der Waals surface area contributed by atoms with E-state index in [9.17, 15) is 4.79 Å². The van der Waals surface area contributed by atoms with Crippen LogP contribution in [-0.2, 0) is 9.53 Å². The molecule has 1 aliphatic heterocycles. The molecule has 0 bridgehead atoms. The van der Waals surface area contributed by atoms with Crippen molar-refractivity contribution in [3.63, 3.8) is 0 Å². The molecule has 0 spiro atoms. The maximum absolute atomic E-state index is 12.0. The van der Waals surface area contributed by atoms with Crippen LogP contribution in [0.3, 0.4) is 0 Å². The number of nitrogen functional groups attached to an aromatic ring is 1. The number of aryl methyl sites for hydroxylation is 1. The molecule has 4 N–H and O–H groups in total. The Morgan fingerprint density at radius 1 is 1.57 bits per heavy atom. The summed E-state index contributed by atoms with van der Waals surface area (Å²) in [6.07, 6.45) is 0.281. The van der Waals surface area contributed by atoms with Crippen molar-refractivity contribution in [1.82, 2.24) is 4.90 Å². The van der Waals surface area contributed by atoms with Gasteiger partial charge in [0.25, 0.3) is 0 Å². The Balaban J connectivity index is 1.79. The van der Waals surface area contributed by atoms with Gasteiger partial charge in [0, 0.05) is 37.4 Å². The zero-order valence-corrected chi connectivity index (χ0v) is 12.3. The van der Waals surface area contributed by atoms with Gasteiger partial charge in [-0.25, -0.2) is 0 Å². The minimum absolute atomic E-state index is 0.0186. The summed E-state index contributed by atoms with van der Waals surface area (Å²) >= 11 is 0. The second-order valence-electron chi connectivity index (χ2n) is 5.35. The highest BCUT2D eigenvalue weighted by Crippen LogP contribution is 2.17. The van der Waals surface area contributed by atoms with Gasteiger partial charge in [-0.1, -0.05) is 0 Å². The summed E-state index contributed by atoms with van der Waals surface area (Å²) in [5.74, 6) is -0.0186. The fraction of sp³-hybridized carbons (Fsp3) is 0.533. The van der Waals surface area contributed by atoms with Crippen LogP contribution in [0.5, 0.6) is 0 Å². The smallest absolute Gasteiger partial charge is 0.225 e. The summed E-state index contributed by atoms with van der Waals surface area (Å²) in [7, 11) is 0. The van der Waals surface area contributed by atoms with Gasteiger partial charge < -0.3 is 20.9 Å². The molecule has 1 aromatic rings. The molecule has 21 heavy (non-hydrogen) atoms. The molecule has 0 aromatic heterocycles. The SMILES string of the molecule is Cc1cc(N)ccc1NC(=O)CCN1CCOC(CO)C1. The summed E-state index contributed by atoms with van der Waals surface area (Å²) in [6, 6.07) is 5.43. The third-order valence-corrected chi connectivity index (χ3v) is 3.61. The van der Waals surface area contributed by atoms with Gasteiger partial charge in [-0.15, -0.1) is 0 Å². The number of nitrogens with zero attached hydrogens (tertiary/aromatic N) is 1. The van der Waals surface area contributed by atoms with Gasteiger partial charge in [0.05, 0.1) is 19.3 Å². The largest absolute Gasteiger partial charge is 0.399 e. The zero-order valence-electron chi connectivity index (χ0n) is 12.3. The molecule has 6 heteroatoms. The average molecular weight is 293 g/mol. The first-order valence-corrected chi connectivity index (χ1v) is 7.19. The number of ether oxygens (including phenoxy) is 1. The number of rotatable bonds is 5. The standard InChI is InChI=1S/C15H23N3O3/c1-11-8-12(16)2-3-14(11)17-15(20)4-5-18-6-7-21-13(9-18)10-19/h2-3,8,13,19H,4-7,9-10,16H2,1H3,(H,17,20). The van der Waals surface area contributed by atoms with Crippen molar-refractivity contribution in [3.8, 4) is 0 Å². The number of nitrogens with one attached hydrogen (secondary N) is 1. The summed E-state index contributed by atoms with van der Waals surface area (Å²) in [6.45, 7) is 4.67. The van der Waals surface area contributed by atoms with E-state index < -0.39 is 0 Å². The highest BCUT2D eigenvalue weighted by atomic mass is 16.5. The quantitative estimate of drug-likeness (QED) is 0.692. The van der Waals surface area contributed by atoms with E-state index in [1.807, 2.05) is 19.1 Å². The van der Waals surface area contributed by atoms with E-state index in [1.165, 1.54) is 0 Å². The molecule has 2 rings (SSSR count). The molecule has 1 aliphatic rings. The second kappa shape index (κ2) is 7.40. The molecule has 1 unspecified atom stereocenters. The van der Waals surface area contributed by atoms with Crippen LogP contribution in [0.25, 0.3) is 0 Å². The van der Waals surface area contributed by atoms with E-state index in [0.29, 0.717) is 31.8 Å². The normalized spacial score (nSPS) is 19.4. The van der Waals surface area contributed by atoms with Gasteiger partial charge in [-0.3, -0.25) is 9.69 Å². The summed E-state index contributed by atoms with van der Waals surface area (Å²) in [5, 5.41) is 12.0. The summed E-state index contributed by atoms with van der Waals surface area (Å²) in [4.78, 5) is 14.1. The van der Waals surface area contributed by atoms with Crippen LogP contribution in [0.2, 0.25) is 0 Å². The Hall–Kier alpha value is -1.63. The molecule has 0 saturated carbocycles. The van der Waals surface area contributed by atoms with Crippen molar-refractivity contribution in [2.75, 3.05) is 43.9 Å². The van der Waals surface area contributed by atoms with Crippen molar-refractivity contribution >= 4 is 17.3 Å². The molecule has 0 radical (unpaired) electrons. The Morgan fingerprint density at radius 2 is 2.38 bits per heavy atom. The minimum Gasteiger partial charge on any atom is -0.399 e. The van der Waals surface area contributed by atoms with Crippen LogP contribution in [0.1, 0.15) is 12.0 Å². The van der Waals surface area contributed by atoms with Crippen molar-refractivity contribution in [2.45, 2.75) is 19.4 Å².